The summed E-state index contributed by atoms with van der Waals surface area (Å²) in [4.78, 5) is 17.0. The highest BCUT2D eigenvalue weighted by Gasteiger charge is 2.24. The zero-order valence-electron chi connectivity index (χ0n) is 14.4. The monoisotopic (exact) mass is 418 g/mol. The summed E-state index contributed by atoms with van der Waals surface area (Å²) < 4.78 is 27.7. The fraction of sp³-hybridized carbons (Fsp3) is 0.211. The minimum Gasteiger partial charge on any atom is -0.334 e. The van der Waals surface area contributed by atoms with E-state index in [2.05, 4.69) is 10.8 Å². The Bertz CT molecular complexity index is 1060. The van der Waals surface area contributed by atoms with E-state index in [-0.39, 0.29) is 17.3 Å². The van der Waals surface area contributed by atoms with Crippen molar-refractivity contribution in [1.29, 1.82) is 0 Å². The van der Waals surface area contributed by atoms with Crippen LogP contribution < -0.4 is 4.72 Å². The fourth-order valence-corrected chi connectivity index (χ4v) is 5.74. The van der Waals surface area contributed by atoms with Crippen molar-refractivity contribution in [3.05, 3.63) is 74.1 Å². The fourth-order valence-electron chi connectivity index (χ4n) is 3.06. The Morgan fingerprint density at radius 2 is 2.00 bits per heavy atom. The minimum absolute atomic E-state index is 0.109. The van der Waals surface area contributed by atoms with Crippen LogP contribution in [0.5, 0.6) is 0 Å². The third-order valence-electron chi connectivity index (χ3n) is 4.50. The van der Waals surface area contributed by atoms with Crippen LogP contribution in [0.15, 0.2) is 58.1 Å². The maximum Gasteiger partial charge on any atom is 0.254 e. The van der Waals surface area contributed by atoms with Crippen molar-refractivity contribution in [2.24, 2.45) is 0 Å². The molecule has 0 radical (unpaired) electrons. The van der Waals surface area contributed by atoms with Gasteiger partial charge in [-0.25, -0.2) is 13.1 Å². The highest BCUT2D eigenvalue weighted by molar-refractivity contribution is 7.89. The Hall–Kier alpha value is -2.00. The van der Waals surface area contributed by atoms with Gasteiger partial charge in [-0.15, -0.1) is 22.7 Å². The van der Waals surface area contributed by atoms with Crippen molar-refractivity contribution in [2.75, 3.05) is 6.54 Å². The Kier molecular flexibility index (Phi) is 5.14. The molecule has 8 heteroatoms. The van der Waals surface area contributed by atoms with Gasteiger partial charge in [0.25, 0.3) is 5.91 Å². The summed E-state index contributed by atoms with van der Waals surface area (Å²) in [6, 6.07) is 12.1. The predicted molar refractivity (Wildman–Crippen MR) is 108 cm³/mol. The van der Waals surface area contributed by atoms with Gasteiger partial charge in [-0.05, 0) is 53.1 Å². The molecule has 3 aromatic rings. The third kappa shape index (κ3) is 3.98. The normalized spacial score (nSPS) is 14.1. The molecule has 3 heterocycles. The first kappa shape index (κ1) is 18.4. The number of amides is 1. The number of carbonyl (C=O) groups is 1. The molecule has 0 fully saturated rings. The number of fused-ring (bicyclic) bond motifs is 1. The van der Waals surface area contributed by atoms with Crippen molar-refractivity contribution in [1.82, 2.24) is 9.62 Å². The van der Waals surface area contributed by atoms with Crippen LogP contribution >= 0.6 is 22.7 Å². The van der Waals surface area contributed by atoms with Crippen LogP contribution in [-0.4, -0.2) is 25.8 Å². The molecule has 1 aromatic carbocycles. The van der Waals surface area contributed by atoms with Crippen LogP contribution in [0.3, 0.4) is 0 Å². The molecule has 0 unspecified atom stereocenters. The molecular weight excluding hydrogens is 400 g/mol. The second-order valence-corrected chi connectivity index (χ2v) is 10.1. The van der Waals surface area contributed by atoms with Crippen LogP contribution in [0.4, 0.5) is 0 Å². The van der Waals surface area contributed by atoms with Gasteiger partial charge >= 0.3 is 0 Å². The first-order chi connectivity index (χ1) is 13.0. The van der Waals surface area contributed by atoms with Gasteiger partial charge in [0, 0.05) is 35.0 Å². The van der Waals surface area contributed by atoms with E-state index in [4.69, 9.17) is 0 Å². The first-order valence-corrected chi connectivity index (χ1v) is 11.7. The summed E-state index contributed by atoms with van der Waals surface area (Å²) in [5.74, 6) is -0.137. The molecule has 0 saturated heterocycles. The van der Waals surface area contributed by atoms with Gasteiger partial charge in [-0.3, -0.25) is 4.79 Å². The van der Waals surface area contributed by atoms with Crippen LogP contribution in [-0.2, 0) is 29.5 Å². The summed E-state index contributed by atoms with van der Waals surface area (Å²) in [7, 11) is -3.68. The largest absolute Gasteiger partial charge is 0.334 e. The van der Waals surface area contributed by atoms with E-state index >= 15 is 0 Å². The molecular formula is C19H18N2O3S3. The van der Waals surface area contributed by atoms with E-state index in [0.717, 1.165) is 11.3 Å². The van der Waals surface area contributed by atoms with Crippen LogP contribution in [0, 0.1) is 0 Å². The lowest BCUT2D eigenvalue weighted by Gasteiger charge is -2.27. The van der Waals surface area contributed by atoms with Gasteiger partial charge in [-0.1, -0.05) is 12.1 Å². The number of hydrogen-bond donors (Lipinski definition) is 1. The summed E-state index contributed by atoms with van der Waals surface area (Å²) >= 11 is 3.21. The first-order valence-electron chi connectivity index (χ1n) is 8.49. The summed E-state index contributed by atoms with van der Waals surface area (Å²) in [6.07, 6.45) is 0.846. The lowest BCUT2D eigenvalue weighted by atomic mass is 10.1. The van der Waals surface area contributed by atoms with Gasteiger partial charge in [0.1, 0.15) is 0 Å². The molecule has 0 aliphatic carbocycles. The molecule has 1 amide bonds. The van der Waals surface area contributed by atoms with E-state index in [0.29, 0.717) is 18.7 Å². The van der Waals surface area contributed by atoms with Crippen molar-refractivity contribution < 1.29 is 13.2 Å². The van der Waals surface area contributed by atoms with E-state index in [1.807, 2.05) is 22.9 Å². The Labute approximate surface area is 166 Å². The van der Waals surface area contributed by atoms with Gasteiger partial charge < -0.3 is 4.90 Å². The van der Waals surface area contributed by atoms with E-state index in [1.165, 1.54) is 33.9 Å². The number of hydrogen-bond acceptors (Lipinski definition) is 5. The van der Waals surface area contributed by atoms with Gasteiger partial charge in [-0.2, -0.15) is 0 Å². The van der Waals surface area contributed by atoms with E-state index < -0.39 is 10.0 Å². The Morgan fingerprint density at radius 3 is 2.81 bits per heavy atom. The molecule has 140 valence electrons. The second kappa shape index (κ2) is 7.55. The zero-order chi connectivity index (χ0) is 18.9. The van der Waals surface area contributed by atoms with Gasteiger partial charge in [0.05, 0.1) is 4.90 Å². The lowest BCUT2D eigenvalue weighted by molar-refractivity contribution is 0.0735. The maximum absolute atomic E-state index is 12.9. The summed E-state index contributed by atoms with van der Waals surface area (Å²) in [5.41, 5.74) is 1.58. The molecule has 0 bridgehead atoms. The van der Waals surface area contributed by atoms with Gasteiger partial charge in [0.15, 0.2) is 0 Å². The van der Waals surface area contributed by atoms with Crippen LogP contribution in [0.1, 0.15) is 25.7 Å². The number of benzene rings is 1. The topological polar surface area (TPSA) is 66.5 Å². The molecule has 4 rings (SSSR count). The molecule has 2 aromatic heterocycles. The standard InChI is InChI=1S/C19H18N2O3S3/c22-19(21-8-6-18-15(13-21)7-10-26-18)14-3-1-5-17(11-14)27(23,24)20-12-16-4-2-9-25-16/h1-5,7,9-11,20H,6,8,12-13H2. The summed E-state index contributed by atoms with van der Waals surface area (Å²) in [6.45, 7) is 1.47. The Balaban J connectivity index is 1.51. The van der Waals surface area contributed by atoms with Crippen molar-refractivity contribution >= 4 is 38.6 Å². The number of rotatable bonds is 5. The Morgan fingerprint density at radius 1 is 1.11 bits per heavy atom. The SMILES string of the molecule is O=C(c1cccc(S(=O)(=O)NCc2cccs2)c1)N1CCc2sccc2C1. The number of carbonyl (C=O) groups excluding carboxylic acids is 1. The molecule has 0 saturated carbocycles. The van der Waals surface area contributed by atoms with E-state index in [1.54, 1.807) is 28.4 Å². The van der Waals surface area contributed by atoms with Crippen LogP contribution in [0.25, 0.3) is 0 Å². The van der Waals surface area contributed by atoms with Crippen molar-refractivity contribution in [3.63, 3.8) is 0 Å². The highest BCUT2D eigenvalue weighted by Crippen LogP contribution is 2.25. The molecule has 27 heavy (non-hydrogen) atoms. The molecule has 5 nitrogen and oxygen atoms in total. The lowest BCUT2D eigenvalue weighted by Crippen LogP contribution is -2.35. The third-order valence-corrected chi connectivity index (χ3v) is 7.80. The predicted octanol–water partition coefficient (Wildman–Crippen LogP) is 3.49. The van der Waals surface area contributed by atoms with Crippen LogP contribution in [0.2, 0.25) is 0 Å². The maximum atomic E-state index is 12.9. The van der Waals surface area contributed by atoms with Crippen molar-refractivity contribution in [2.45, 2.75) is 24.4 Å². The van der Waals surface area contributed by atoms with Gasteiger partial charge in [0.2, 0.25) is 10.0 Å². The molecule has 0 spiro atoms. The molecule has 1 N–H and O–H groups in total. The van der Waals surface area contributed by atoms with Crippen molar-refractivity contribution in [3.8, 4) is 0 Å². The number of nitrogens with zero attached hydrogens (tertiary/aromatic N) is 1. The number of sulfonamides is 1. The zero-order valence-corrected chi connectivity index (χ0v) is 16.9. The smallest absolute Gasteiger partial charge is 0.254 e. The minimum atomic E-state index is -3.68. The second-order valence-electron chi connectivity index (χ2n) is 6.28. The summed E-state index contributed by atoms with van der Waals surface area (Å²) in [5, 5.41) is 3.95. The molecule has 1 aliphatic rings. The molecule has 1 aliphatic heterocycles. The average Bonchev–Trinajstić information content (AvgIpc) is 3.37. The number of thiophene rings is 2. The average molecular weight is 419 g/mol. The highest BCUT2D eigenvalue weighted by atomic mass is 32.2. The quantitative estimate of drug-likeness (QED) is 0.690. The van der Waals surface area contributed by atoms with E-state index in [9.17, 15) is 13.2 Å². The molecule has 0 atom stereocenters. The number of nitrogens with one attached hydrogen (secondary N) is 1.